The van der Waals surface area contributed by atoms with Crippen LogP contribution < -0.4 is 4.74 Å². The molecule has 0 amide bonds. The first-order valence-electron chi connectivity index (χ1n) is 12.6. The molecule has 4 N–H and O–H groups in total. The Morgan fingerprint density at radius 2 is 1.40 bits per heavy atom. The van der Waals surface area contributed by atoms with E-state index in [1.54, 1.807) is 39.8 Å². The molecule has 0 aliphatic rings. The van der Waals surface area contributed by atoms with Gasteiger partial charge in [-0.05, 0) is 91.7 Å². The third-order valence-electron chi connectivity index (χ3n) is 6.39. The fraction of sp³-hybridized carbons (Fsp3) is 0.214. The highest BCUT2D eigenvalue weighted by Crippen LogP contribution is 2.43. The second-order valence-corrected chi connectivity index (χ2v) is 12.5. The Bertz CT molecular complexity index is 2020. The normalized spacial score (nSPS) is 12.5. The molecule has 0 saturated carbocycles. The van der Waals surface area contributed by atoms with E-state index in [0.29, 0.717) is 33.0 Å². The van der Waals surface area contributed by atoms with Crippen molar-refractivity contribution in [3.8, 4) is 11.5 Å². The molecule has 4 aromatic rings. The molecule has 13 nitrogen and oxygen atoms in total. The van der Waals surface area contributed by atoms with Crippen LogP contribution in [0.1, 0.15) is 22.3 Å². The summed E-state index contributed by atoms with van der Waals surface area (Å²) in [6.45, 7) is 6.25. The van der Waals surface area contributed by atoms with Crippen molar-refractivity contribution < 1.29 is 40.9 Å². The van der Waals surface area contributed by atoms with Crippen molar-refractivity contribution in [1.82, 2.24) is 0 Å². The van der Waals surface area contributed by atoms with E-state index < -0.39 is 25.1 Å². The zero-order valence-electron chi connectivity index (χ0n) is 23.5. The molecule has 4 aromatic carbocycles. The molecular formula is C28H28N4O9S2. The van der Waals surface area contributed by atoms with Gasteiger partial charge >= 0.3 is 0 Å². The van der Waals surface area contributed by atoms with Crippen molar-refractivity contribution in [2.75, 3.05) is 13.2 Å². The molecule has 226 valence electrons. The summed E-state index contributed by atoms with van der Waals surface area (Å²) >= 11 is 0. The van der Waals surface area contributed by atoms with Crippen LogP contribution in [0.15, 0.2) is 78.8 Å². The third-order valence-corrected chi connectivity index (χ3v) is 8.12. The number of nitrogens with zero attached hydrogens (tertiary/aromatic N) is 4. The lowest BCUT2D eigenvalue weighted by atomic mass is 10.0. The smallest absolute Gasteiger partial charge is 0.296 e. The number of hydrogen-bond acceptors (Lipinski definition) is 11. The number of rotatable bonds is 9. The lowest BCUT2D eigenvalue weighted by molar-refractivity contribution is 0.202. The van der Waals surface area contributed by atoms with Gasteiger partial charge in [0.2, 0.25) is 0 Å². The van der Waals surface area contributed by atoms with Crippen molar-refractivity contribution in [3.63, 3.8) is 0 Å². The SMILES string of the molecule is Cc1ccc(S(=O)(=O)O)c(N=Nc2cc(OCCO)c(N=Nc3c(C)cc4cc(S(=O)(=O)O)cc(C)c4c3O)cc2C)c1. The van der Waals surface area contributed by atoms with Gasteiger partial charge in [-0.15, -0.1) is 15.3 Å². The highest BCUT2D eigenvalue weighted by atomic mass is 32.2. The number of aromatic hydroxyl groups is 1. The number of phenols is 1. The molecular weight excluding hydrogens is 600 g/mol. The maximum Gasteiger partial charge on any atom is 0.296 e. The Labute approximate surface area is 247 Å². The number of azo groups is 2. The van der Waals surface area contributed by atoms with E-state index in [-0.39, 0.29) is 52.4 Å². The van der Waals surface area contributed by atoms with Gasteiger partial charge in [-0.2, -0.15) is 21.9 Å². The Hall–Kier alpha value is -4.28. The lowest BCUT2D eigenvalue weighted by Crippen LogP contribution is -2.01. The number of ether oxygens (including phenoxy) is 1. The summed E-state index contributed by atoms with van der Waals surface area (Å²) in [6, 6.07) is 11.3. The van der Waals surface area contributed by atoms with Crippen molar-refractivity contribution in [2.24, 2.45) is 20.5 Å². The van der Waals surface area contributed by atoms with E-state index in [0.717, 1.165) is 0 Å². The van der Waals surface area contributed by atoms with E-state index in [1.165, 1.54) is 36.4 Å². The first-order valence-corrected chi connectivity index (χ1v) is 15.5. The maximum absolute atomic E-state index is 11.8. The van der Waals surface area contributed by atoms with E-state index in [4.69, 9.17) is 4.74 Å². The summed E-state index contributed by atoms with van der Waals surface area (Å²) in [5, 5.41) is 37.8. The van der Waals surface area contributed by atoms with Crippen molar-refractivity contribution in [1.29, 1.82) is 0 Å². The van der Waals surface area contributed by atoms with Crippen LogP contribution >= 0.6 is 0 Å². The average molecular weight is 629 g/mol. The van der Waals surface area contributed by atoms with Crippen LogP contribution in [-0.2, 0) is 20.2 Å². The summed E-state index contributed by atoms with van der Waals surface area (Å²) in [7, 11) is -9.01. The topological polar surface area (TPSA) is 208 Å². The van der Waals surface area contributed by atoms with Crippen molar-refractivity contribution in [2.45, 2.75) is 37.5 Å². The summed E-state index contributed by atoms with van der Waals surface area (Å²) in [5.41, 5.74) is 2.65. The predicted molar refractivity (Wildman–Crippen MR) is 158 cm³/mol. The molecule has 0 radical (unpaired) electrons. The minimum absolute atomic E-state index is 0.0650. The number of aliphatic hydroxyl groups excluding tert-OH is 1. The molecule has 4 rings (SSSR count). The quantitative estimate of drug-likeness (QED) is 0.118. The molecule has 0 aliphatic carbocycles. The highest BCUT2D eigenvalue weighted by molar-refractivity contribution is 7.86. The Balaban J connectivity index is 1.78. The van der Waals surface area contributed by atoms with Crippen molar-refractivity contribution >= 4 is 53.8 Å². The number of aliphatic hydroxyl groups is 1. The molecule has 0 saturated heterocycles. The second-order valence-electron chi connectivity index (χ2n) is 9.73. The zero-order valence-corrected chi connectivity index (χ0v) is 25.1. The Kier molecular flexibility index (Phi) is 8.94. The van der Waals surface area contributed by atoms with Gasteiger partial charge in [0.05, 0.1) is 17.2 Å². The van der Waals surface area contributed by atoms with Gasteiger partial charge in [0.25, 0.3) is 20.2 Å². The monoisotopic (exact) mass is 628 g/mol. The van der Waals surface area contributed by atoms with Crippen LogP contribution in [0.4, 0.5) is 22.7 Å². The van der Waals surface area contributed by atoms with Gasteiger partial charge in [-0.1, -0.05) is 6.07 Å². The van der Waals surface area contributed by atoms with Gasteiger partial charge in [0.1, 0.15) is 34.3 Å². The van der Waals surface area contributed by atoms with Gasteiger partial charge in [-0.25, -0.2) is 0 Å². The molecule has 15 heteroatoms. The standard InChI is InChI=1S/C28H28N4O9S2/c1-15-5-6-25(43(38,39)40)23(9-15)31-29-21-14-24(41-8-7-33)22(12-16(21)2)30-32-27-18(4)10-19-13-20(42(35,36)37)11-17(3)26(19)28(27)34/h5-6,9-14,33-34H,7-8H2,1-4H3,(H,35,36,37)(H,38,39,40). The molecule has 0 aliphatic heterocycles. The Morgan fingerprint density at radius 1 is 0.721 bits per heavy atom. The molecule has 0 aromatic heterocycles. The molecule has 0 bridgehead atoms. The molecule has 0 spiro atoms. The minimum Gasteiger partial charge on any atom is -0.505 e. The van der Waals surface area contributed by atoms with Gasteiger partial charge < -0.3 is 14.9 Å². The number of hydrogen-bond donors (Lipinski definition) is 4. The minimum atomic E-state index is -4.55. The number of phenolic OH excluding ortho intramolecular Hbond substituents is 1. The number of benzene rings is 4. The first kappa shape index (κ1) is 31.7. The van der Waals surface area contributed by atoms with Crippen LogP contribution in [0.2, 0.25) is 0 Å². The number of fused-ring (bicyclic) bond motifs is 1. The largest absolute Gasteiger partial charge is 0.505 e. The van der Waals surface area contributed by atoms with Crippen LogP contribution in [0.3, 0.4) is 0 Å². The first-order chi connectivity index (χ1) is 20.1. The predicted octanol–water partition coefficient (Wildman–Crippen LogP) is 6.47. The van der Waals surface area contributed by atoms with Crippen molar-refractivity contribution in [3.05, 3.63) is 70.8 Å². The molecule has 43 heavy (non-hydrogen) atoms. The van der Waals surface area contributed by atoms with Crippen LogP contribution in [0.5, 0.6) is 11.5 Å². The summed E-state index contributed by atoms with van der Waals surface area (Å²) in [5.74, 6) is -0.0885. The van der Waals surface area contributed by atoms with Gasteiger partial charge in [0.15, 0.2) is 5.75 Å². The summed E-state index contributed by atoms with van der Waals surface area (Å²) in [6.07, 6.45) is 0. The molecule has 0 heterocycles. The summed E-state index contributed by atoms with van der Waals surface area (Å²) < 4.78 is 71.5. The van der Waals surface area contributed by atoms with Crippen LogP contribution in [0, 0.1) is 27.7 Å². The molecule has 0 atom stereocenters. The van der Waals surface area contributed by atoms with E-state index >= 15 is 0 Å². The molecule has 0 unspecified atom stereocenters. The van der Waals surface area contributed by atoms with Gasteiger partial charge in [0, 0.05) is 11.5 Å². The average Bonchev–Trinajstić information content (AvgIpc) is 2.90. The number of aryl methyl sites for hydroxylation is 4. The highest BCUT2D eigenvalue weighted by Gasteiger charge is 2.19. The maximum atomic E-state index is 11.8. The molecule has 0 fully saturated rings. The lowest BCUT2D eigenvalue weighted by Gasteiger charge is -2.12. The fourth-order valence-corrected chi connectivity index (χ4v) is 5.56. The van der Waals surface area contributed by atoms with Crippen LogP contribution in [-0.4, -0.2) is 49.4 Å². The van der Waals surface area contributed by atoms with E-state index in [9.17, 15) is 36.2 Å². The summed E-state index contributed by atoms with van der Waals surface area (Å²) in [4.78, 5) is -0.711. The van der Waals surface area contributed by atoms with E-state index in [2.05, 4.69) is 20.5 Å². The van der Waals surface area contributed by atoms with Gasteiger partial charge in [-0.3, -0.25) is 9.11 Å². The van der Waals surface area contributed by atoms with Crippen LogP contribution in [0.25, 0.3) is 10.8 Å². The third kappa shape index (κ3) is 7.03. The zero-order chi connectivity index (χ0) is 31.7. The Morgan fingerprint density at radius 3 is 2.05 bits per heavy atom. The second kappa shape index (κ2) is 12.1. The van der Waals surface area contributed by atoms with E-state index in [1.807, 2.05) is 0 Å². The fourth-order valence-electron chi connectivity index (χ4n) is 4.35.